The number of hydrogen-bond acceptors (Lipinski definition) is 4. The Morgan fingerprint density at radius 3 is 2.27 bits per heavy atom. The molecule has 0 saturated heterocycles. The van der Waals surface area contributed by atoms with E-state index in [1.165, 1.54) is 9.78 Å². The smallest absolute Gasteiger partial charge is 0.322 e. The predicted molar refractivity (Wildman–Crippen MR) is 132 cm³/mol. The van der Waals surface area contributed by atoms with E-state index in [9.17, 15) is 9.59 Å². The van der Waals surface area contributed by atoms with Crippen molar-refractivity contribution in [2.24, 2.45) is 0 Å². The Bertz CT molecular complexity index is 1120. The molecule has 1 aromatic heterocycles. The minimum atomic E-state index is -0.352. The predicted octanol–water partition coefficient (Wildman–Crippen LogP) is 5.40. The number of thiophene rings is 1. The average Bonchev–Trinajstić information content (AvgIpc) is 3.22. The van der Waals surface area contributed by atoms with Gasteiger partial charge >= 0.3 is 6.03 Å². The molecule has 1 heterocycles. The van der Waals surface area contributed by atoms with Gasteiger partial charge in [0.05, 0.1) is 18.2 Å². The van der Waals surface area contributed by atoms with E-state index < -0.39 is 0 Å². The summed E-state index contributed by atoms with van der Waals surface area (Å²) in [4.78, 5) is 32.0. The topological polar surface area (TPSA) is 76.4 Å². The maximum Gasteiger partial charge on any atom is 0.322 e. The van der Waals surface area contributed by atoms with Crippen molar-refractivity contribution in [2.45, 2.75) is 39.9 Å². The van der Waals surface area contributed by atoms with Gasteiger partial charge in [-0.2, -0.15) is 5.26 Å². The number of carbonyl (C=O) groups is 2. The number of benzene rings is 2. The van der Waals surface area contributed by atoms with Crippen molar-refractivity contribution in [3.8, 4) is 6.07 Å². The van der Waals surface area contributed by atoms with E-state index in [0.29, 0.717) is 24.3 Å². The van der Waals surface area contributed by atoms with Crippen LogP contribution in [0.3, 0.4) is 0 Å². The highest BCUT2D eigenvalue weighted by molar-refractivity contribution is 7.11. The minimum absolute atomic E-state index is 0.0308. The van der Waals surface area contributed by atoms with Gasteiger partial charge in [-0.05, 0) is 62.7 Å². The molecule has 0 spiro atoms. The monoisotopic (exact) mass is 460 g/mol. The van der Waals surface area contributed by atoms with Crippen LogP contribution in [0.1, 0.15) is 34.7 Å². The number of urea groups is 1. The van der Waals surface area contributed by atoms with E-state index in [2.05, 4.69) is 17.5 Å². The van der Waals surface area contributed by atoms with Gasteiger partial charge in [0.25, 0.3) is 0 Å². The second-order valence-electron chi connectivity index (χ2n) is 8.09. The fraction of sp³-hybridized carbons (Fsp3) is 0.269. The first-order valence-corrected chi connectivity index (χ1v) is 11.6. The number of hydrogen-bond donors (Lipinski definition) is 1. The molecule has 3 amide bonds. The van der Waals surface area contributed by atoms with Crippen LogP contribution in [0.25, 0.3) is 0 Å². The van der Waals surface area contributed by atoms with Gasteiger partial charge in [0, 0.05) is 28.0 Å². The Morgan fingerprint density at radius 2 is 1.70 bits per heavy atom. The van der Waals surface area contributed by atoms with Crippen molar-refractivity contribution in [3.63, 3.8) is 0 Å². The molecular formula is C26H28N4O2S. The van der Waals surface area contributed by atoms with Gasteiger partial charge in [-0.1, -0.05) is 30.3 Å². The average molecular weight is 461 g/mol. The van der Waals surface area contributed by atoms with Gasteiger partial charge < -0.3 is 15.1 Å². The number of aryl methyl sites for hydroxylation is 1. The van der Waals surface area contributed by atoms with Gasteiger partial charge in [0.2, 0.25) is 5.91 Å². The van der Waals surface area contributed by atoms with Crippen molar-refractivity contribution < 1.29 is 9.59 Å². The Hall–Kier alpha value is -3.63. The Balaban J connectivity index is 1.74. The highest BCUT2D eigenvalue weighted by Crippen LogP contribution is 2.19. The van der Waals surface area contributed by atoms with E-state index in [1.54, 1.807) is 40.5 Å². The Kier molecular flexibility index (Phi) is 8.22. The molecule has 33 heavy (non-hydrogen) atoms. The number of nitrogens with one attached hydrogen (secondary N) is 1. The van der Waals surface area contributed by atoms with Crippen LogP contribution in [-0.2, 0) is 17.9 Å². The molecule has 0 fully saturated rings. The van der Waals surface area contributed by atoms with E-state index in [1.807, 2.05) is 57.2 Å². The quantitative estimate of drug-likeness (QED) is 0.489. The number of anilines is 1. The SMILES string of the molecule is Cc1ccc(CN(Cc2ccccc2)C(=O)CN(C(=O)Nc2ccc(C#N)cc2)C(C)C)s1. The maximum atomic E-state index is 13.4. The molecule has 0 aliphatic heterocycles. The van der Waals surface area contributed by atoms with Gasteiger partial charge in [0.1, 0.15) is 6.54 Å². The summed E-state index contributed by atoms with van der Waals surface area (Å²) in [5, 5.41) is 11.8. The lowest BCUT2D eigenvalue weighted by atomic mass is 10.2. The fourth-order valence-corrected chi connectivity index (χ4v) is 4.26. The summed E-state index contributed by atoms with van der Waals surface area (Å²) in [7, 11) is 0. The molecule has 7 heteroatoms. The summed E-state index contributed by atoms with van der Waals surface area (Å²) in [5.74, 6) is -0.117. The first-order chi connectivity index (χ1) is 15.9. The van der Waals surface area contributed by atoms with Crippen LogP contribution in [0.15, 0.2) is 66.7 Å². The summed E-state index contributed by atoms with van der Waals surface area (Å²) < 4.78 is 0. The van der Waals surface area contributed by atoms with Crippen LogP contribution >= 0.6 is 11.3 Å². The van der Waals surface area contributed by atoms with Crippen molar-refractivity contribution in [1.82, 2.24) is 9.80 Å². The second kappa shape index (κ2) is 11.3. The van der Waals surface area contributed by atoms with Crippen molar-refractivity contribution in [2.75, 3.05) is 11.9 Å². The summed E-state index contributed by atoms with van der Waals surface area (Å²) in [6, 6.07) is 22.1. The lowest BCUT2D eigenvalue weighted by Gasteiger charge is -2.30. The first kappa shape index (κ1) is 24.0. The number of amides is 3. The molecule has 0 atom stereocenters. The molecule has 0 bridgehead atoms. The normalized spacial score (nSPS) is 10.5. The second-order valence-corrected chi connectivity index (χ2v) is 9.46. The standard InChI is InChI=1S/C26H28N4O2S/c1-19(2)30(26(32)28-23-12-10-21(15-27)11-13-23)18-25(31)29(16-22-7-5-4-6-8-22)17-24-14-9-20(3)33-24/h4-14,19H,16-18H2,1-3H3,(H,28,32). The molecule has 0 aliphatic carbocycles. The largest absolute Gasteiger partial charge is 0.332 e. The van der Waals surface area contributed by atoms with Crippen molar-refractivity contribution in [1.29, 1.82) is 5.26 Å². The summed E-state index contributed by atoms with van der Waals surface area (Å²) in [5.41, 5.74) is 2.13. The van der Waals surface area contributed by atoms with E-state index in [-0.39, 0.29) is 24.5 Å². The van der Waals surface area contributed by atoms with Crippen LogP contribution in [0.2, 0.25) is 0 Å². The van der Waals surface area contributed by atoms with Crippen LogP contribution in [0.5, 0.6) is 0 Å². The molecule has 0 radical (unpaired) electrons. The van der Waals surface area contributed by atoms with Crippen LogP contribution in [0.4, 0.5) is 10.5 Å². The van der Waals surface area contributed by atoms with Crippen molar-refractivity contribution >= 4 is 29.0 Å². The number of nitrogens with zero attached hydrogens (tertiary/aromatic N) is 3. The molecule has 0 unspecified atom stereocenters. The molecule has 0 aliphatic rings. The van der Waals surface area contributed by atoms with Gasteiger partial charge in [0.15, 0.2) is 0 Å². The highest BCUT2D eigenvalue weighted by Gasteiger charge is 2.24. The molecular weight excluding hydrogens is 432 g/mol. The third-order valence-electron chi connectivity index (χ3n) is 5.17. The van der Waals surface area contributed by atoms with Gasteiger partial charge in [-0.25, -0.2) is 4.79 Å². The zero-order chi connectivity index (χ0) is 23.8. The first-order valence-electron chi connectivity index (χ1n) is 10.8. The Morgan fingerprint density at radius 1 is 1.00 bits per heavy atom. The summed E-state index contributed by atoms with van der Waals surface area (Å²) in [6.45, 7) is 6.75. The van der Waals surface area contributed by atoms with E-state index >= 15 is 0 Å². The lowest BCUT2D eigenvalue weighted by Crippen LogP contribution is -2.47. The maximum absolute atomic E-state index is 13.4. The molecule has 6 nitrogen and oxygen atoms in total. The van der Waals surface area contributed by atoms with Gasteiger partial charge in [-0.15, -0.1) is 11.3 Å². The van der Waals surface area contributed by atoms with Gasteiger partial charge in [-0.3, -0.25) is 4.79 Å². The number of carbonyl (C=O) groups excluding carboxylic acids is 2. The summed E-state index contributed by atoms with van der Waals surface area (Å²) in [6.07, 6.45) is 0. The molecule has 2 aromatic carbocycles. The molecule has 170 valence electrons. The fourth-order valence-electron chi connectivity index (χ4n) is 3.35. The summed E-state index contributed by atoms with van der Waals surface area (Å²) >= 11 is 1.67. The van der Waals surface area contributed by atoms with Crippen LogP contribution < -0.4 is 5.32 Å². The van der Waals surface area contributed by atoms with Crippen LogP contribution in [0, 0.1) is 18.3 Å². The zero-order valence-electron chi connectivity index (χ0n) is 19.1. The molecule has 0 saturated carbocycles. The third kappa shape index (κ3) is 6.93. The Labute approximate surface area is 199 Å². The third-order valence-corrected chi connectivity index (χ3v) is 6.15. The van der Waals surface area contributed by atoms with E-state index in [4.69, 9.17) is 5.26 Å². The van der Waals surface area contributed by atoms with Crippen LogP contribution in [-0.4, -0.2) is 34.3 Å². The van der Waals surface area contributed by atoms with Crippen molar-refractivity contribution in [3.05, 3.63) is 87.6 Å². The minimum Gasteiger partial charge on any atom is -0.332 e. The number of nitriles is 1. The molecule has 1 N–H and O–H groups in total. The lowest BCUT2D eigenvalue weighted by molar-refractivity contribution is -0.133. The number of rotatable bonds is 8. The molecule has 3 rings (SSSR count). The highest BCUT2D eigenvalue weighted by atomic mass is 32.1. The van der Waals surface area contributed by atoms with E-state index in [0.717, 1.165) is 10.4 Å². The molecule has 3 aromatic rings. The zero-order valence-corrected chi connectivity index (χ0v) is 19.9.